The van der Waals surface area contributed by atoms with E-state index in [0.717, 1.165) is 5.56 Å². The molecule has 18 heavy (non-hydrogen) atoms. The van der Waals surface area contributed by atoms with E-state index in [0.29, 0.717) is 12.2 Å². The Morgan fingerprint density at radius 2 is 1.67 bits per heavy atom. The van der Waals surface area contributed by atoms with Gasteiger partial charge >= 0.3 is 5.97 Å². The minimum Gasteiger partial charge on any atom is -0.426 e. The Labute approximate surface area is 106 Å². The second-order valence-corrected chi connectivity index (χ2v) is 4.63. The quantitative estimate of drug-likeness (QED) is 0.562. The number of carbonyl (C=O) groups is 1. The molecule has 1 heterocycles. The summed E-state index contributed by atoms with van der Waals surface area (Å²) in [4.78, 5) is 11.7. The molecule has 90 valence electrons. The highest BCUT2D eigenvalue weighted by atomic mass is 16.5. The summed E-state index contributed by atoms with van der Waals surface area (Å²) >= 11 is 0. The number of hydrogen-bond donors (Lipinski definition) is 0. The lowest BCUT2D eigenvalue weighted by Crippen LogP contribution is -2.21. The van der Waals surface area contributed by atoms with Gasteiger partial charge in [-0.05, 0) is 24.1 Å². The lowest BCUT2D eigenvalue weighted by atomic mass is 9.84. The largest absolute Gasteiger partial charge is 0.426 e. The average Bonchev–Trinajstić information content (AvgIpc) is 2.38. The molecule has 0 fully saturated rings. The summed E-state index contributed by atoms with van der Waals surface area (Å²) in [5, 5.41) is 0. The van der Waals surface area contributed by atoms with Crippen LogP contribution in [0.1, 0.15) is 29.0 Å². The zero-order chi connectivity index (χ0) is 12.5. The van der Waals surface area contributed by atoms with Crippen molar-refractivity contribution in [1.82, 2.24) is 0 Å². The van der Waals surface area contributed by atoms with Crippen molar-refractivity contribution in [3.05, 3.63) is 65.2 Å². The summed E-state index contributed by atoms with van der Waals surface area (Å²) in [7, 11) is 0. The molecule has 0 amide bonds. The van der Waals surface area contributed by atoms with Gasteiger partial charge in [0.05, 0.1) is 6.42 Å². The number of esters is 1. The van der Waals surface area contributed by atoms with Crippen LogP contribution in [0.5, 0.6) is 5.75 Å². The second-order valence-electron chi connectivity index (χ2n) is 4.63. The Balaban J connectivity index is 2.13. The Morgan fingerprint density at radius 3 is 2.44 bits per heavy atom. The number of carbonyl (C=O) groups excluding carboxylic acids is 1. The molecule has 2 aromatic carbocycles. The predicted molar refractivity (Wildman–Crippen MR) is 69.7 cm³/mol. The first-order chi connectivity index (χ1) is 8.75. The van der Waals surface area contributed by atoms with Crippen molar-refractivity contribution in [2.45, 2.75) is 19.3 Å². The highest BCUT2D eigenvalue weighted by Gasteiger charge is 2.28. The number of rotatable bonds is 1. The average molecular weight is 238 g/mol. The molecule has 3 rings (SSSR count). The number of benzene rings is 2. The Bertz CT molecular complexity index is 602. The first kappa shape index (κ1) is 11.0. The molecule has 0 radical (unpaired) electrons. The number of aryl methyl sites for hydroxylation is 1. The van der Waals surface area contributed by atoms with Crippen LogP contribution in [0.2, 0.25) is 0 Å². The lowest BCUT2D eigenvalue weighted by Gasteiger charge is -2.25. The Hall–Kier alpha value is -2.09. The van der Waals surface area contributed by atoms with Gasteiger partial charge < -0.3 is 4.74 Å². The predicted octanol–water partition coefficient (Wildman–Crippen LogP) is 3.44. The van der Waals surface area contributed by atoms with E-state index < -0.39 is 0 Å². The molecule has 0 saturated heterocycles. The fourth-order valence-electron chi connectivity index (χ4n) is 2.56. The van der Waals surface area contributed by atoms with E-state index in [4.69, 9.17) is 4.74 Å². The molecule has 1 aliphatic rings. The molecular weight excluding hydrogens is 224 g/mol. The Kier molecular flexibility index (Phi) is 2.63. The standard InChI is InChI=1S/C16H14O2/c1-11-6-2-3-7-12(11)14-10-16(17)18-15-9-5-4-8-13(14)15/h2-9,14H,10H2,1H3/t14-/m1/s1. The third-order valence-corrected chi connectivity index (χ3v) is 3.45. The van der Waals surface area contributed by atoms with Gasteiger partial charge in [-0.3, -0.25) is 4.79 Å². The number of hydrogen-bond acceptors (Lipinski definition) is 2. The smallest absolute Gasteiger partial charge is 0.312 e. The second kappa shape index (κ2) is 4.30. The fraction of sp³-hybridized carbons (Fsp3) is 0.188. The minimum absolute atomic E-state index is 0.114. The van der Waals surface area contributed by atoms with Crippen molar-refractivity contribution in [2.24, 2.45) is 0 Å². The van der Waals surface area contributed by atoms with Gasteiger partial charge in [0.15, 0.2) is 0 Å². The van der Waals surface area contributed by atoms with Crippen molar-refractivity contribution >= 4 is 5.97 Å². The van der Waals surface area contributed by atoms with Crippen molar-refractivity contribution in [3.8, 4) is 5.75 Å². The minimum atomic E-state index is -0.151. The van der Waals surface area contributed by atoms with Crippen LogP contribution in [0.15, 0.2) is 48.5 Å². The first-order valence-corrected chi connectivity index (χ1v) is 6.11. The molecule has 2 heteroatoms. The molecule has 2 aromatic rings. The van der Waals surface area contributed by atoms with Gasteiger partial charge in [0.2, 0.25) is 0 Å². The van der Waals surface area contributed by atoms with Gasteiger partial charge in [-0.15, -0.1) is 0 Å². The molecule has 0 aliphatic carbocycles. The van der Waals surface area contributed by atoms with Crippen LogP contribution >= 0.6 is 0 Å². The lowest BCUT2D eigenvalue weighted by molar-refractivity contribution is -0.135. The van der Waals surface area contributed by atoms with E-state index in [1.54, 1.807) is 0 Å². The van der Waals surface area contributed by atoms with Crippen molar-refractivity contribution in [1.29, 1.82) is 0 Å². The SMILES string of the molecule is Cc1ccccc1[C@H]1CC(=O)Oc2ccccc21. The summed E-state index contributed by atoms with van der Waals surface area (Å²) in [6.07, 6.45) is 0.419. The first-order valence-electron chi connectivity index (χ1n) is 6.11. The third kappa shape index (κ3) is 1.80. The molecule has 0 bridgehead atoms. The summed E-state index contributed by atoms with van der Waals surface area (Å²) in [5.74, 6) is 0.660. The highest BCUT2D eigenvalue weighted by Crippen LogP contribution is 2.39. The van der Waals surface area contributed by atoms with E-state index in [1.807, 2.05) is 36.4 Å². The molecule has 0 saturated carbocycles. The molecule has 1 aliphatic heterocycles. The van der Waals surface area contributed by atoms with Crippen LogP contribution in [0, 0.1) is 6.92 Å². The molecule has 1 atom stereocenters. The monoisotopic (exact) mass is 238 g/mol. The van der Waals surface area contributed by atoms with Crippen LogP contribution in [-0.4, -0.2) is 5.97 Å². The maximum atomic E-state index is 11.7. The molecule has 0 unspecified atom stereocenters. The number of para-hydroxylation sites is 1. The molecular formula is C16H14O2. The van der Waals surface area contributed by atoms with Crippen LogP contribution in [0.25, 0.3) is 0 Å². The number of ether oxygens (including phenoxy) is 1. The van der Waals surface area contributed by atoms with Crippen LogP contribution < -0.4 is 4.74 Å². The third-order valence-electron chi connectivity index (χ3n) is 3.45. The normalized spacial score (nSPS) is 18.1. The van der Waals surface area contributed by atoms with E-state index in [-0.39, 0.29) is 11.9 Å². The number of fused-ring (bicyclic) bond motifs is 1. The zero-order valence-electron chi connectivity index (χ0n) is 10.2. The van der Waals surface area contributed by atoms with Gasteiger partial charge in [-0.1, -0.05) is 42.5 Å². The van der Waals surface area contributed by atoms with Crippen LogP contribution in [-0.2, 0) is 4.79 Å². The molecule has 0 spiro atoms. The van der Waals surface area contributed by atoms with E-state index in [9.17, 15) is 4.79 Å². The molecule has 2 nitrogen and oxygen atoms in total. The van der Waals surface area contributed by atoms with Gasteiger partial charge in [0.1, 0.15) is 5.75 Å². The van der Waals surface area contributed by atoms with Gasteiger partial charge in [-0.25, -0.2) is 0 Å². The van der Waals surface area contributed by atoms with E-state index in [2.05, 4.69) is 19.1 Å². The molecule has 0 N–H and O–H groups in total. The maximum absolute atomic E-state index is 11.7. The van der Waals surface area contributed by atoms with Crippen molar-refractivity contribution in [2.75, 3.05) is 0 Å². The zero-order valence-corrected chi connectivity index (χ0v) is 10.2. The van der Waals surface area contributed by atoms with E-state index in [1.165, 1.54) is 11.1 Å². The topological polar surface area (TPSA) is 26.3 Å². The Morgan fingerprint density at radius 1 is 1.00 bits per heavy atom. The van der Waals surface area contributed by atoms with Gasteiger partial charge in [-0.2, -0.15) is 0 Å². The van der Waals surface area contributed by atoms with Crippen LogP contribution in [0.4, 0.5) is 0 Å². The summed E-state index contributed by atoms with van der Waals surface area (Å²) in [5.41, 5.74) is 3.53. The van der Waals surface area contributed by atoms with Crippen LogP contribution in [0.3, 0.4) is 0 Å². The van der Waals surface area contributed by atoms with Gasteiger partial charge in [0, 0.05) is 11.5 Å². The highest BCUT2D eigenvalue weighted by molar-refractivity contribution is 5.77. The van der Waals surface area contributed by atoms with Crippen molar-refractivity contribution < 1.29 is 9.53 Å². The van der Waals surface area contributed by atoms with Gasteiger partial charge in [0.25, 0.3) is 0 Å². The molecule has 0 aromatic heterocycles. The maximum Gasteiger partial charge on any atom is 0.312 e. The van der Waals surface area contributed by atoms with Crippen molar-refractivity contribution in [3.63, 3.8) is 0 Å². The summed E-state index contributed by atoms with van der Waals surface area (Å²) in [6.45, 7) is 2.08. The summed E-state index contributed by atoms with van der Waals surface area (Å²) < 4.78 is 5.28. The fourth-order valence-corrected chi connectivity index (χ4v) is 2.56. The summed E-state index contributed by atoms with van der Waals surface area (Å²) in [6, 6.07) is 16.0. The van der Waals surface area contributed by atoms with E-state index >= 15 is 0 Å².